The molecule has 94 valence electrons. The van der Waals surface area contributed by atoms with E-state index in [0.717, 1.165) is 19.1 Å². The molecule has 0 amide bonds. The van der Waals surface area contributed by atoms with Crippen LogP contribution in [0.2, 0.25) is 0 Å². The summed E-state index contributed by atoms with van der Waals surface area (Å²) in [5.41, 5.74) is 0.301. The van der Waals surface area contributed by atoms with Gasteiger partial charge in [0.2, 0.25) is 0 Å². The van der Waals surface area contributed by atoms with Crippen LogP contribution in [-0.2, 0) is 4.74 Å². The second-order valence-corrected chi connectivity index (χ2v) is 6.17. The van der Waals surface area contributed by atoms with E-state index < -0.39 is 0 Å². The van der Waals surface area contributed by atoms with E-state index in [-0.39, 0.29) is 0 Å². The minimum Gasteiger partial charge on any atom is -0.375 e. The summed E-state index contributed by atoms with van der Waals surface area (Å²) in [6, 6.07) is 0.696. The molecule has 16 heavy (non-hydrogen) atoms. The highest BCUT2D eigenvalue weighted by Gasteiger charge is 2.43. The van der Waals surface area contributed by atoms with Gasteiger partial charge in [-0.25, -0.2) is 0 Å². The summed E-state index contributed by atoms with van der Waals surface area (Å²) in [5, 5.41) is 3.66. The van der Waals surface area contributed by atoms with E-state index in [1.54, 1.807) is 0 Å². The van der Waals surface area contributed by atoms with Crippen molar-refractivity contribution in [3.05, 3.63) is 0 Å². The van der Waals surface area contributed by atoms with Crippen molar-refractivity contribution in [3.63, 3.8) is 0 Å². The van der Waals surface area contributed by atoms with E-state index in [9.17, 15) is 0 Å². The minimum atomic E-state index is 0.301. The summed E-state index contributed by atoms with van der Waals surface area (Å²) in [7, 11) is 0. The zero-order chi connectivity index (χ0) is 11.4. The van der Waals surface area contributed by atoms with Crippen molar-refractivity contribution in [2.24, 2.45) is 5.92 Å². The van der Waals surface area contributed by atoms with Gasteiger partial charge in [0.05, 0.1) is 5.60 Å². The van der Waals surface area contributed by atoms with Crippen molar-refractivity contribution >= 4 is 11.8 Å². The lowest BCUT2D eigenvalue weighted by atomic mass is 9.70. The summed E-state index contributed by atoms with van der Waals surface area (Å²) in [5.74, 6) is 2.08. The number of nitrogens with one attached hydrogen (secondary N) is 1. The van der Waals surface area contributed by atoms with Gasteiger partial charge < -0.3 is 10.1 Å². The Bertz CT molecular complexity index is 212. The Hall–Kier alpha value is 0.270. The molecular formula is C13H25NOS. The molecule has 1 N–H and O–H groups in total. The maximum atomic E-state index is 6.00. The summed E-state index contributed by atoms with van der Waals surface area (Å²) in [6.07, 6.45) is 8.75. The van der Waals surface area contributed by atoms with Gasteiger partial charge in [0.25, 0.3) is 0 Å². The number of hydrogen-bond acceptors (Lipinski definition) is 3. The predicted molar refractivity (Wildman–Crippen MR) is 71.1 cm³/mol. The second-order valence-electron chi connectivity index (χ2n) is 5.26. The topological polar surface area (TPSA) is 21.3 Å². The van der Waals surface area contributed by atoms with E-state index in [1.165, 1.54) is 37.9 Å². The third-order valence-corrected chi connectivity index (χ3v) is 4.87. The van der Waals surface area contributed by atoms with Gasteiger partial charge in [-0.2, -0.15) is 11.8 Å². The molecule has 0 bridgehead atoms. The van der Waals surface area contributed by atoms with Gasteiger partial charge in [-0.15, -0.1) is 0 Å². The molecule has 2 rings (SSSR count). The lowest BCUT2D eigenvalue weighted by Gasteiger charge is -2.48. The fraction of sp³-hybridized carbons (Fsp3) is 1.00. The van der Waals surface area contributed by atoms with Gasteiger partial charge in [-0.3, -0.25) is 0 Å². The Morgan fingerprint density at radius 1 is 1.50 bits per heavy atom. The van der Waals surface area contributed by atoms with Crippen molar-refractivity contribution in [2.75, 3.05) is 25.2 Å². The Balaban J connectivity index is 1.90. The first-order valence-electron chi connectivity index (χ1n) is 6.66. The van der Waals surface area contributed by atoms with Crippen molar-refractivity contribution in [3.8, 4) is 0 Å². The molecule has 1 aliphatic carbocycles. The molecule has 0 aromatic carbocycles. The smallest absolute Gasteiger partial charge is 0.0685 e. The highest BCUT2D eigenvalue weighted by molar-refractivity contribution is 7.98. The third-order valence-electron chi connectivity index (χ3n) is 4.18. The molecule has 2 nitrogen and oxygen atoms in total. The van der Waals surface area contributed by atoms with E-state index in [0.29, 0.717) is 11.6 Å². The summed E-state index contributed by atoms with van der Waals surface area (Å²) < 4.78 is 6.00. The molecule has 1 saturated carbocycles. The van der Waals surface area contributed by atoms with E-state index >= 15 is 0 Å². The van der Waals surface area contributed by atoms with Crippen molar-refractivity contribution in [1.82, 2.24) is 5.32 Å². The van der Waals surface area contributed by atoms with E-state index in [2.05, 4.69) is 18.5 Å². The van der Waals surface area contributed by atoms with E-state index in [4.69, 9.17) is 4.74 Å². The Morgan fingerprint density at radius 3 is 2.88 bits per heavy atom. The Labute approximate surface area is 104 Å². The molecule has 1 spiro atoms. The van der Waals surface area contributed by atoms with Crippen LogP contribution in [0.4, 0.5) is 0 Å². The van der Waals surface area contributed by atoms with Crippen LogP contribution in [0.5, 0.6) is 0 Å². The molecule has 3 heteroatoms. The standard InChI is InChI=1S/C13H25NOS/c1-3-14-12(10-16-2)11-5-8-15-13(9-11)6-4-7-13/h11-12,14H,3-10H2,1-2H3. The van der Waals surface area contributed by atoms with Crippen LogP contribution < -0.4 is 5.32 Å². The SMILES string of the molecule is CCNC(CSC)C1CCOC2(CCC2)C1. The molecular weight excluding hydrogens is 218 g/mol. The third kappa shape index (κ3) is 2.74. The van der Waals surface area contributed by atoms with Crippen LogP contribution in [0, 0.1) is 5.92 Å². The minimum absolute atomic E-state index is 0.301. The monoisotopic (exact) mass is 243 g/mol. The first-order chi connectivity index (χ1) is 7.79. The second kappa shape index (κ2) is 5.74. The molecule has 1 aliphatic heterocycles. The van der Waals surface area contributed by atoms with Crippen LogP contribution in [0.25, 0.3) is 0 Å². The molecule has 2 fully saturated rings. The van der Waals surface area contributed by atoms with Crippen molar-refractivity contribution < 1.29 is 4.74 Å². The Kier molecular flexibility index (Phi) is 4.57. The van der Waals surface area contributed by atoms with Crippen LogP contribution in [-0.4, -0.2) is 36.8 Å². The molecule has 1 saturated heterocycles. The van der Waals surface area contributed by atoms with Crippen molar-refractivity contribution in [2.45, 2.75) is 50.7 Å². The molecule has 0 aromatic heterocycles. The maximum Gasteiger partial charge on any atom is 0.0685 e. The number of thioether (sulfide) groups is 1. The van der Waals surface area contributed by atoms with Crippen LogP contribution in [0.15, 0.2) is 0 Å². The summed E-state index contributed by atoms with van der Waals surface area (Å²) >= 11 is 1.97. The molecule has 2 aliphatic rings. The van der Waals surface area contributed by atoms with Gasteiger partial charge in [-0.1, -0.05) is 6.92 Å². The number of hydrogen-bond donors (Lipinski definition) is 1. The fourth-order valence-electron chi connectivity index (χ4n) is 3.13. The van der Waals surface area contributed by atoms with Gasteiger partial charge >= 0.3 is 0 Å². The summed E-state index contributed by atoms with van der Waals surface area (Å²) in [6.45, 7) is 4.29. The molecule has 0 radical (unpaired) electrons. The lowest BCUT2D eigenvalue weighted by Crippen LogP contribution is -2.51. The maximum absolute atomic E-state index is 6.00. The first-order valence-corrected chi connectivity index (χ1v) is 8.05. The molecule has 1 heterocycles. The van der Waals surface area contributed by atoms with E-state index in [1.807, 2.05) is 11.8 Å². The number of ether oxygens (including phenoxy) is 1. The average molecular weight is 243 g/mol. The van der Waals surface area contributed by atoms with Crippen LogP contribution >= 0.6 is 11.8 Å². The normalized spacial score (nSPS) is 30.0. The van der Waals surface area contributed by atoms with Crippen molar-refractivity contribution in [1.29, 1.82) is 0 Å². The van der Waals surface area contributed by atoms with Crippen LogP contribution in [0.1, 0.15) is 39.0 Å². The average Bonchev–Trinajstić information content (AvgIpc) is 2.27. The zero-order valence-electron chi connectivity index (χ0n) is 10.6. The quantitative estimate of drug-likeness (QED) is 0.802. The predicted octanol–water partition coefficient (Wildman–Crippen LogP) is 2.68. The van der Waals surface area contributed by atoms with Gasteiger partial charge in [0.15, 0.2) is 0 Å². The highest BCUT2D eigenvalue weighted by Crippen LogP contribution is 2.45. The van der Waals surface area contributed by atoms with Crippen LogP contribution in [0.3, 0.4) is 0 Å². The summed E-state index contributed by atoms with van der Waals surface area (Å²) in [4.78, 5) is 0. The fourth-order valence-corrected chi connectivity index (χ4v) is 3.88. The highest BCUT2D eigenvalue weighted by atomic mass is 32.2. The molecule has 2 atom stereocenters. The Morgan fingerprint density at radius 2 is 2.31 bits per heavy atom. The molecule has 2 unspecified atom stereocenters. The zero-order valence-corrected chi connectivity index (χ0v) is 11.4. The largest absolute Gasteiger partial charge is 0.375 e. The van der Waals surface area contributed by atoms with Gasteiger partial charge in [0, 0.05) is 18.4 Å². The number of rotatable bonds is 5. The molecule has 0 aromatic rings. The lowest BCUT2D eigenvalue weighted by molar-refractivity contribution is -0.146. The van der Waals surface area contributed by atoms with Gasteiger partial charge in [-0.05, 0) is 50.8 Å². The van der Waals surface area contributed by atoms with Gasteiger partial charge in [0.1, 0.15) is 0 Å². The first kappa shape index (κ1) is 12.7.